The molecular formula is C27H39N3O5S. The predicted molar refractivity (Wildman–Crippen MR) is 143 cm³/mol. The number of sulfonamides is 1. The molecule has 36 heavy (non-hydrogen) atoms. The number of nitrogens with one attached hydrogen (secondary N) is 1. The zero-order valence-corrected chi connectivity index (χ0v) is 23.0. The van der Waals surface area contributed by atoms with Gasteiger partial charge in [-0.1, -0.05) is 44.2 Å². The molecule has 8 nitrogen and oxygen atoms in total. The third kappa shape index (κ3) is 8.55. The number of amides is 2. The number of nitrogens with zero attached hydrogens (tertiary/aromatic N) is 2. The molecule has 0 heterocycles. The summed E-state index contributed by atoms with van der Waals surface area (Å²) in [7, 11) is -2.05. The van der Waals surface area contributed by atoms with Crippen LogP contribution in [0, 0.1) is 12.8 Å². The SMILES string of the molecule is COc1cccc(N(CCCC(=O)N(Cc2ccccc2C)C(C)C(=O)NCC(C)C)S(C)(=O)=O)c1. The number of rotatable bonds is 13. The first-order valence-corrected chi connectivity index (χ1v) is 14.0. The van der Waals surface area contributed by atoms with E-state index in [1.165, 1.54) is 11.4 Å². The highest BCUT2D eigenvalue weighted by molar-refractivity contribution is 7.92. The second-order valence-electron chi connectivity index (χ2n) is 9.40. The third-order valence-electron chi connectivity index (χ3n) is 5.95. The quantitative estimate of drug-likeness (QED) is 0.437. The highest BCUT2D eigenvalue weighted by Gasteiger charge is 2.27. The van der Waals surface area contributed by atoms with Crippen molar-refractivity contribution in [1.82, 2.24) is 10.2 Å². The molecule has 0 aliphatic heterocycles. The van der Waals surface area contributed by atoms with Crippen molar-refractivity contribution in [2.75, 3.05) is 30.8 Å². The van der Waals surface area contributed by atoms with Crippen LogP contribution in [0.5, 0.6) is 5.75 Å². The molecule has 9 heteroatoms. The molecule has 1 N–H and O–H groups in total. The van der Waals surface area contributed by atoms with Gasteiger partial charge in [-0.2, -0.15) is 0 Å². The molecule has 1 unspecified atom stereocenters. The zero-order valence-electron chi connectivity index (χ0n) is 22.2. The van der Waals surface area contributed by atoms with Crippen LogP contribution in [0.15, 0.2) is 48.5 Å². The van der Waals surface area contributed by atoms with Crippen LogP contribution in [-0.4, -0.2) is 57.6 Å². The summed E-state index contributed by atoms with van der Waals surface area (Å²) in [5, 5.41) is 2.91. The molecule has 0 aromatic heterocycles. The molecule has 0 fully saturated rings. The van der Waals surface area contributed by atoms with E-state index in [-0.39, 0.29) is 24.8 Å². The summed E-state index contributed by atoms with van der Waals surface area (Å²) < 4.78 is 31.5. The molecule has 0 radical (unpaired) electrons. The van der Waals surface area contributed by atoms with Crippen molar-refractivity contribution in [2.24, 2.45) is 5.92 Å². The van der Waals surface area contributed by atoms with Crippen molar-refractivity contribution in [1.29, 1.82) is 0 Å². The van der Waals surface area contributed by atoms with Crippen LogP contribution >= 0.6 is 0 Å². The molecule has 2 rings (SSSR count). The normalized spacial score (nSPS) is 12.2. The largest absolute Gasteiger partial charge is 0.497 e. The van der Waals surface area contributed by atoms with E-state index < -0.39 is 16.1 Å². The highest BCUT2D eigenvalue weighted by atomic mass is 32.2. The van der Waals surface area contributed by atoms with Crippen LogP contribution in [0.3, 0.4) is 0 Å². The van der Waals surface area contributed by atoms with Crippen molar-refractivity contribution < 1.29 is 22.7 Å². The average Bonchev–Trinajstić information content (AvgIpc) is 2.83. The van der Waals surface area contributed by atoms with Crippen molar-refractivity contribution in [3.8, 4) is 5.75 Å². The van der Waals surface area contributed by atoms with Gasteiger partial charge in [0.05, 0.1) is 19.1 Å². The van der Waals surface area contributed by atoms with Crippen LogP contribution in [-0.2, 0) is 26.2 Å². The lowest BCUT2D eigenvalue weighted by molar-refractivity contribution is -0.140. The van der Waals surface area contributed by atoms with E-state index in [9.17, 15) is 18.0 Å². The molecule has 2 amide bonds. The Bertz CT molecular complexity index is 1130. The summed E-state index contributed by atoms with van der Waals surface area (Å²) in [6, 6.07) is 13.9. The molecule has 1 atom stereocenters. The lowest BCUT2D eigenvalue weighted by Gasteiger charge is -2.30. The Morgan fingerprint density at radius 3 is 2.36 bits per heavy atom. The number of hydrogen-bond acceptors (Lipinski definition) is 5. The maximum absolute atomic E-state index is 13.4. The second kappa shape index (κ2) is 13.3. The average molecular weight is 518 g/mol. The number of anilines is 1. The molecule has 198 valence electrons. The monoisotopic (exact) mass is 517 g/mol. The van der Waals surface area contributed by atoms with Gasteiger partial charge in [0.1, 0.15) is 11.8 Å². The van der Waals surface area contributed by atoms with Gasteiger partial charge < -0.3 is 15.0 Å². The first-order chi connectivity index (χ1) is 16.9. The molecule has 0 aliphatic rings. The maximum Gasteiger partial charge on any atom is 0.242 e. The Kier molecular flexibility index (Phi) is 10.8. The van der Waals surface area contributed by atoms with Crippen LogP contribution in [0.25, 0.3) is 0 Å². The first kappa shape index (κ1) is 29.2. The lowest BCUT2D eigenvalue weighted by atomic mass is 10.1. The molecule has 0 bridgehead atoms. The van der Waals surface area contributed by atoms with Gasteiger partial charge in [-0.05, 0) is 49.4 Å². The van der Waals surface area contributed by atoms with Gasteiger partial charge in [-0.15, -0.1) is 0 Å². The van der Waals surface area contributed by atoms with E-state index in [1.54, 1.807) is 36.1 Å². The van der Waals surface area contributed by atoms with E-state index in [0.29, 0.717) is 36.9 Å². The van der Waals surface area contributed by atoms with Gasteiger partial charge in [0.25, 0.3) is 0 Å². The first-order valence-electron chi connectivity index (χ1n) is 12.2. The van der Waals surface area contributed by atoms with E-state index in [0.717, 1.165) is 17.4 Å². The molecule has 0 spiro atoms. The van der Waals surface area contributed by atoms with Gasteiger partial charge >= 0.3 is 0 Å². The van der Waals surface area contributed by atoms with Crippen LogP contribution < -0.4 is 14.4 Å². The van der Waals surface area contributed by atoms with Crippen molar-refractivity contribution in [2.45, 2.75) is 53.1 Å². The minimum atomic E-state index is -3.57. The Morgan fingerprint density at radius 2 is 1.75 bits per heavy atom. The number of carbonyl (C=O) groups excluding carboxylic acids is 2. The standard InChI is InChI=1S/C27H39N3O5S/c1-20(2)18-28-27(32)22(4)29(19-23-12-8-7-11-21(23)3)26(31)15-10-16-30(36(6,33)34)24-13-9-14-25(17-24)35-5/h7-9,11-14,17,20,22H,10,15-16,18-19H2,1-6H3,(H,28,32). The summed E-state index contributed by atoms with van der Waals surface area (Å²) >= 11 is 0. The summed E-state index contributed by atoms with van der Waals surface area (Å²) in [6.07, 6.45) is 1.54. The predicted octanol–water partition coefficient (Wildman–Crippen LogP) is 3.74. The number of hydrogen-bond donors (Lipinski definition) is 1. The molecule has 2 aromatic carbocycles. The maximum atomic E-state index is 13.4. The van der Waals surface area contributed by atoms with E-state index in [1.807, 2.05) is 45.0 Å². The fourth-order valence-corrected chi connectivity index (χ4v) is 4.73. The lowest BCUT2D eigenvalue weighted by Crippen LogP contribution is -2.48. The van der Waals surface area contributed by atoms with Crippen molar-refractivity contribution in [3.63, 3.8) is 0 Å². The smallest absolute Gasteiger partial charge is 0.242 e. The van der Waals surface area contributed by atoms with E-state index in [2.05, 4.69) is 5.32 Å². The van der Waals surface area contributed by atoms with Gasteiger partial charge in [0, 0.05) is 32.1 Å². The summed E-state index contributed by atoms with van der Waals surface area (Å²) in [6.45, 7) is 8.68. The van der Waals surface area contributed by atoms with Crippen molar-refractivity contribution in [3.05, 3.63) is 59.7 Å². The Hall–Kier alpha value is -3.07. The Labute approximate surface area is 215 Å². The number of carbonyl (C=O) groups is 2. The molecule has 0 saturated heterocycles. The molecular weight excluding hydrogens is 478 g/mol. The van der Waals surface area contributed by atoms with Gasteiger partial charge in [0.15, 0.2) is 0 Å². The molecule has 2 aromatic rings. The van der Waals surface area contributed by atoms with Gasteiger partial charge in [-0.25, -0.2) is 8.42 Å². The topological polar surface area (TPSA) is 96.0 Å². The number of aryl methyl sites for hydroxylation is 1. The fourth-order valence-electron chi connectivity index (χ4n) is 3.78. The minimum absolute atomic E-state index is 0.101. The van der Waals surface area contributed by atoms with Crippen LogP contribution in [0.2, 0.25) is 0 Å². The number of methoxy groups -OCH3 is 1. The van der Waals surface area contributed by atoms with Gasteiger partial charge in [0.2, 0.25) is 21.8 Å². The second-order valence-corrected chi connectivity index (χ2v) is 11.3. The highest BCUT2D eigenvalue weighted by Crippen LogP contribution is 2.24. The number of benzene rings is 2. The molecule has 0 saturated carbocycles. The minimum Gasteiger partial charge on any atom is -0.497 e. The summed E-state index contributed by atoms with van der Waals surface area (Å²) in [4.78, 5) is 27.8. The van der Waals surface area contributed by atoms with E-state index in [4.69, 9.17) is 4.74 Å². The van der Waals surface area contributed by atoms with Crippen LogP contribution in [0.1, 0.15) is 44.7 Å². The van der Waals surface area contributed by atoms with Crippen molar-refractivity contribution >= 4 is 27.5 Å². The number of ether oxygens (including phenoxy) is 1. The Morgan fingerprint density at radius 1 is 1.06 bits per heavy atom. The van der Waals surface area contributed by atoms with Gasteiger partial charge in [-0.3, -0.25) is 13.9 Å². The summed E-state index contributed by atoms with van der Waals surface area (Å²) in [5.74, 6) is 0.424. The fraction of sp³-hybridized carbons (Fsp3) is 0.481. The Balaban J connectivity index is 2.18. The third-order valence-corrected chi connectivity index (χ3v) is 7.14. The summed E-state index contributed by atoms with van der Waals surface area (Å²) in [5.41, 5.74) is 2.47. The van der Waals surface area contributed by atoms with Crippen LogP contribution in [0.4, 0.5) is 5.69 Å². The van der Waals surface area contributed by atoms with E-state index >= 15 is 0 Å². The molecule has 0 aliphatic carbocycles. The zero-order chi connectivity index (χ0) is 26.9.